The molecule has 0 nitrogen and oxygen atoms in total. The summed E-state index contributed by atoms with van der Waals surface area (Å²) in [5.74, 6) is 0. The van der Waals surface area contributed by atoms with Crippen molar-refractivity contribution >= 4 is 18.4 Å². The van der Waals surface area contributed by atoms with Crippen LogP contribution in [0.3, 0.4) is 0 Å². The summed E-state index contributed by atoms with van der Waals surface area (Å²) in [6.45, 7) is 7.27. The van der Waals surface area contributed by atoms with Gasteiger partial charge >= 0.3 is 99.2 Å². The van der Waals surface area contributed by atoms with Crippen molar-refractivity contribution in [2.24, 2.45) is 0 Å². The molecule has 0 saturated carbocycles. The molecule has 0 spiro atoms. The fourth-order valence-corrected chi connectivity index (χ4v) is 12.0. The Morgan fingerprint density at radius 2 is 1.40 bits per heavy atom. The maximum absolute atomic E-state index is 2.42. The average Bonchev–Trinajstić information content (AvgIpc) is 2.33. The molecule has 0 heterocycles. The third-order valence-corrected chi connectivity index (χ3v) is 20.6. The second-order valence-electron chi connectivity index (χ2n) is 4.55. The Bertz CT molecular complexity index is 254. The van der Waals surface area contributed by atoms with Gasteiger partial charge in [0.05, 0.1) is 0 Å². The zero-order valence-electron chi connectivity index (χ0n) is 10.4. The summed E-state index contributed by atoms with van der Waals surface area (Å²) < 4.78 is 6.11. The van der Waals surface area contributed by atoms with E-state index in [4.69, 9.17) is 0 Å². The van der Waals surface area contributed by atoms with E-state index in [1.54, 1.807) is 4.44 Å². The molecular formula is C14H24Sn. The van der Waals surface area contributed by atoms with Crippen LogP contribution in [0.15, 0.2) is 30.3 Å². The molecule has 0 radical (unpaired) electrons. The first-order chi connectivity index (χ1) is 7.26. The van der Waals surface area contributed by atoms with Crippen LogP contribution < -0.4 is 0 Å². The Balaban J connectivity index is 2.54. The minimum atomic E-state index is -1.66. The van der Waals surface area contributed by atoms with Gasteiger partial charge in [-0.3, -0.25) is 0 Å². The van der Waals surface area contributed by atoms with Gasteiger partial charge in [-0.2, -0.15) is 0 Å². The number of hydrogen-bond donors (Lipinski definition) is 0. The van der Waals surface area contributed by atoms with Crippen molar-refractivity contribution in [1.82, 2.24) is 0 Å². The van der Waals surface area contributed by atoms with Gasteiger partial charge < -0.3 is 0 Å². The number of rotatable bonds is 6. The van der Waals surface area contributed by atoms with E-state index in [1.807, 2.05) is 0 Å². The molecule has 0 saturated heterocycles. The van der Waals surface area contributed by atoms with E-state index < -0.39 is 18.4 Å². The van der Waals surface area contributed by atoms with E-state index in [0.717, 1.165) is 0 Å². The SMILES string of the molecule is C[CH2][Sn]([CH2]C)([CH2]C)[CH2]Cc1ccccc1. The van der Waals surface area contributed by atoms with Gasteiger partial charge in [0.25, 0.3) is 0 Å². The van der Waals surface area contributed by atoms with Crippen molar-refractivity contribution in [3.63, 3.8) is 0 Å². The summed E-state index contributed by atoms with van der Waals surface area (Å²) in [6, 6.07) is 11.0. The summed E-state index contributed by atoms with van der Waals surface area (Å²) in [5.41, 5.74) is 1.54. The minimum absolute atomic E-state index is 1.33. The zero-order valence-corrected chi connectivity index (χ0v) is 13.3. The second kappa shape index (κ2) is 6.57. The molecule has 1 rings (SSSR count). The average molecular weight is 311 g/mol. The van der Waals surface area contributed by atoms with Gasteiger partial charge in [-0.1, -0.05) is 0 Å². The number of aryl methyl sites for hydroxylation is 1. The summed E-state index contributed by atoms with van der Waals surface area (Å²) in [4.78, 5) is 0. The monoisotopic (exact) mass is 312 g/mol. The molecule has 84 valence electrons. The van der Waals surface area contributed by atoms with E-state index in [2.05, 4.69) is 51.1 Å². The predicted molar refractivity (Wildman–Crippen MR) is 72.2 cm³/mol. The predicted octanol–water partition coefficient (Wildman–Crippen LogP) is 4.74. The fraction of sp³-hybridized carbons (Fsp3) is 0.571. The van der Waals surface area contributed by atoms with Crippen LogP contribution in [-0.4, -0.2) is 18.4 Å². The van der Waals surface area contributed by atoms with Crippen LogP contribution in [0.4, 0.5) is 0 Å². The van der Waals surface area contributed by atoms with Gasteiger partial charge in [0.2, 0.25) is 0 Å². The quantitative estimate of drug-likeness (QED) is 0.666. The van der Waals surface area contributed by atoms with Gasteiger partial charge in [0.1, 0.15) is 0 Å². The van der Waals surface area contributed by atoms with Crippen molar-refractivity contribution in [3.8, 4) is 0 Å². The van der Waals surface area contributed by atoms with Gasteiger partial charge in [0.15, 0.2) is 0 Å². The Hall–Kier alpha value is 0.0187. The molecule has 0 aliphatic heterocycles. The summed E-state index contributed by atoms with van der Waals surface area (Å²) >= 11 is -1.66. The van der Waals surface area contributed by atoms with E-state index in [9.17, 15) is 0 Å². The number of hydrogen-bond acceptors (Lipinski definition) is 0. The molecule has 0 aliphatic rings. The van der Waals surface area contributed by atoms with E-state index in [1.165, 1.54) is 25.3 Å². The molecular weight excluding hydrogens is 287 g/mol. The first-order valence-electron chi connectivity index (χ1n) is 6.30. The molecule has 0 amide bonds. The van der Waals surface area contributed by atoms with E-state index in [-0.39, 0.29) is 0 Å². The van der Waals surface area contributed by atoms with Gasteiger partial charge in [0, 0.05) is 0 Å². The molecule has 0 aliphatic carbocycles. The molecule has 1 heteroatoms. The first-order valence-corrected chi connectivity index (χ1v) is 14.4. The van der Waals surface area contributed by atoms with Crippen molar-refractivity contribution in [2.75, 3.05) is 0 Å². The molecule has 1 aromatic carbocycles. The van der Waals surface area contributed by atoms with Crippen molar-refractivity contribution in [2.45, 2.75) is 44.9 Å². The van der Waals surface area contributed by atoms with Crippen LogP contribution in [0.1, 0.15) is 26.3 Å². The molecule has 0 N–H and O–H groups in total. The molecule has 0 bridgehead atoms. The Morgan fingerprint density at radius 3 is 1.87 bits per heavy atom. The Labute approximate surface area is 99.0 Å². The molecule has 0 fully saturated rings. The zero-order chi connectivity index (χ0) is 11.1. The summed E-state index contributed by atoms with van der Waals surface area (Å²) in [5, 5.41) is 0. The normalized spacial score (nSPS) is 11.7. The molecule has 0 aromatic heterocycles. The van der Waals surface area contributed by atoms with Crippen molar-refractivity contribution in [1.29, 1.82) is 0 Å². The second-order valence-corrected chi connectivity index (χ2v) is 20.6. The van der Waals surface area contributed by atoms with Gasteiger partial charge in [-0.15, -0.1) is 0 Å². The van der Waals surface area contributed by atoms with E-state index >= 15 is 0 Å². The Kier molecular flexibility index (Phi) is 5.73. The van der Waals surface area contributed by atoms with Crippen LogP contribution >= 0.6 is 0 Å². The Morgan fingerprint density at radius 1 is 0.867 bits per heavy atom. The molecule has 0 unspecified atom stereocenters. The molecule has 0 atom stereocenters. The van der Waals surface area contributed by atoms with Crippen LogP contribution in [0, 0.1) is 0 Å². The fourth-order valence-electron chi connectivity index (χ4n) is 2.33. The summed E-state index contributed by atoms with van der Waals surface area (Å²) in [7, 11) is 0. The third-order valence-electron chi connectivity index (χ3n) is 4.04. The van der Waals surface area contributed by atoms with Crippen LogP contribution in [-0.2, 0) is 6.42 Å². The molecule has 15 heavy (non-hydrogen) atoms. The standard InChI is InChI=1S/C8H9.3C2H5.Sn/c1-2-8-6-4-3-5-7-8;3*1-2;/h3-7H,1-2H2;3*1H2,2H3;. The number of benzene rings is 1. The van der Waals surface area contributed by atoms with Crippen LogP contribution in [0.2, 0.25) is 17.7 Å². The van der Waals surface area contributed by atoms with Gasteiger partial charge in [-0.05, 0) is 0 Å². The van der Waals surface area contributed by atoms with Crippen LogP contribution in [0.25, 0.3) is 0 Å². The first kappa shape index (κ1) is 13.1. The third kappa shape index (κ3) is 3.82. The van der Waals surface area contributed by atoms with Gasteiger partial charge in [-0.25, -0.2) is 0 Å². The summed E-state index contributed by atoms with van der Waals surface area (Å²) in [6.07, 6.45) is 1.33. The maximum atomic E-state index is 2.42. The van der Waals surface area contributed by atoms with E-state index in [0.29, 0.717) is 0 Å². The van der Waals surface area contributed by atoms with Crippen LogP contribution in [0.5, 0.6) is 0 Å². The molecule has 1 aromatic rings. The van der Waals surface area contributed by atoms with Crippen molar-refractivity contribution < 1.29 is 0 Å². The topological polar surface area (TPSA) is 0 Å². The van der Waals surface area contributed by atoms with Crippen molar-refractivity contribution in [3.05, 3.63) is 35.9 Å².